The quantitative estimate of drug-likeness (QED) is 0.870. The van der Waals surface area contributed by atoms with Crippen molar-refractivity contribution in [3.63, 3.8) is 0 Å². The van der Waals surface area contributed by atoms with Crippen LogP contribution in [0.2, 0.25) is 0 Å². The maximum atomic E-state index is 12.4. The van der Waals surface area contributed by atoms with Gasteiger partial charge in [-0.05, 0) is 25.8 Å². The Balaban J connectivity index is 1.88. The van der Waals surface area contributed by atoms with Gasteiger partial charge in [-0.2, -0.15) is 5.10 Å². The van der Waals surface area contributed by atoms with Crippen molar-refractivity contribution < 1.29 is 9.53 Å². The van der Waals surface area contributed by atoms with E-state index < -0.39 is 0 Å². The number of hydrogen-bond donors (Lipinski definition) is 2. The van der Waals surface area contributed by atoms with Gasteiger partial charge in [-0.1, -0.05) is 18.2 Å². The molecule has 0 spiro atoms. The van der Waals surface area contributed by atoms with E-state index in [-0.39, 0.29) is 29.3 Å². The first kappa shape index (κ1) is 13.8. The lowest BCUT2D eigenvalue weighted by Crippen LogP contribution is -2.41. The molecule has 1 aromatic carbocycles. The number of hydrogen-bond acceptors (Lipinski definition) is 4. The van der Waals surface area contributed by atoms with Gasteiger partial charge < -0.3 is 10.1 Å². The molecule has 0 aliphatic carbocycles. The number of carbonyl (C=O) groups excluding carboxylic acids is 1. The predicted molar refractivity (Wildman–Crippen MR) is 78.3 cm³/mol. The lowest BCUT2D eigenvalue weighted by Gasteiger charge is -2.27. The minimum atomic E-state index is -0.290. The fourth-order valence-corrected chi connectivity index (χ4v) is 2.67. The number of benzene rings is 1. The van der Waals surface area contributed by atoms with E-state index >= 15 is 0 Å². The maximum absolute atomic E-state index is 12.4. The van der Waals surface area contributed by atoms with Gasteiger partial charge in [0.25, 0.3) is 11.5 Å². The second-order valence-electron chi connectivity index (χ2n) is 5.32. The molecule has 0 saturated carbocycles. The maximum Gasteiger partial charge on any atom is 0.272 e. The first-order valence-electron chi connectivity index (χ1n) is 7.05. The molecule has 2 aromatic rings. The normalized spacial score (nSPS) is 22.1. The highest BCUT2D eigenvalue weighted by atomic mass is 16.5. The standard InChI is InChI=1S/C15H17N3O3/c1-9-8-10(6-7-21-9)16-15(20)13-11-4-2-3-5-12(11)14(19)18-17-13/h2-5,9-10H,6-8H2,1H3,(H,16,20)(H,18,19). The zero-order valence-corrected chi connectivity index (χ0v) is 11.8. The van der Waals surface area contributed by atoms with Crippen LogP contribution < -0.4 is 10.9 Å². The topological polar surface area (TPSA) is 84.1 Å². The van der Waals surface area contributed by atoms with Crippen molar-refractivity contribution in [1.82, 2.24) is 15.5 Å². The fourth-order valence-electron chi connectivity index (χ4n) is 2.67. The molecule has 110 valence electrons. The summed E-state index contributed by atoms with van der Waals surface area (Å²) in [6.45, 7) is 2.64. The minimum Gasteiger partial charge on any atom is -0.378 e. The monoisotopic (exact) mass is 287 g/mol. The smallest absolute Gasteiger partial charge is 0.272 e. The van der Waals surface area contributed by atoms with Crippen LogP contribution in [0.3, 0.4) is 0 Å². The molecule has 1 fully saturated rings. The summed E-state index contributed by atoms with van der Waals surface area (Å²) in [5, 5.41) is 10.3. The van der Waals surface area contributed by atoms with E-state index in [1.165, 1.54) is 0 Å². The molecule has 3 rings (SSSR count). The number of aromatic amines is 1. The van der Waals surface area contributed by atoms with Crippen molar-refractivity contribution in [2.45, 2.75) is 31.9 Å². The van der Waals surface area contributed by atoms with E-state index in [2.05, 4.69) is 15.5 Å². The van der Waals surface area contributed by atoms with E-state index in [0.29, 0.717) is 17.4 Å². The molecule has 2 unspecified atom stereocenters. The first-order valence-corrected chi connectivity index (χ1v) is 7.05. The van der Waals surface area contributed by atoms with Crippen LogP contribution in [-0.2, 0) is 4.74 Å². The van der Waals surface area contributed by atoms with Crippen LogP contribution in [0.1, 0.15) is 30.3 Å². The molecule has 2 heterocycles. The van der Waals surface area contributed by atoms with Crippen molar-refractivity contribution in [1.29, 1.82) is 0 Å². The summed E-state index contributed by atoms with van der Waals surface area (Å²) in [4.78, 5) is 24.1. The van der Waals surface area contributed by atoms with E-state index in [4.69, 9.17) is 4.74 Å². The third-order valence-electron chi connectivity index (χ3n) is 3.73. The van der Waals surface area contributed by atoms with E-state index in [1.54, 1.807) is 24.3 Å². The Labute approximate surface area is 121 Å². The Bertz CT molecular complexity index is 725. The number of aromatic nitrogens is 2. The molecule has 1 amide bonds. The molecule has 1 saturated heterocycles. The largest absolute Gasteiger partial charge is 0.378 e. The Hall–Kier alpha value is -2.21. The van der Waals surface area contributed by atoms with E-state index in [9.17, 15) is 9.59 Å². The molecule has 0 bridgehead atoms. The lowest BCUT2D eigenvalue weighted by atomic mass is 10.0. The van der Waals surface area contributed by atoms with Crippen molar-refractivity contribution in [3.05, 3.63) is 40.3 Å². The molecular weight excluding hydrogens is 270 g/mol. The van der Waals surface area contributed by atoms with Gasteiger partial charge in [-0.15, -0.1) is 0 Å². The molecule has 6 nitrogen and oxygen atoms in total. The average molecular weight is 287 g/mol. The number of rotatable bonds is 2. The SMILES string of the molecule is CC1CC(NC(=O)c2n[nH]c(=O)c3ccccc23)CCO1. The number of amides is 1. The number of ether oxygens (including phenoxy) is 1. The summed E-state index contributed by atoms with van der Waals surface area (Å²) >= 11 is 0. The Morgan fingerprint density at radius 2 is 2.14 bits per heavy atom. The Morgan fingerprint density at radius 1 is 1.38 bits per heavy atom. The highest BCUT2D eigenvalue weighted by Gasteiger charge is 2.23. The molecule has 2 atom stereocenters. The van der Waals surface area contributed by atoms with Gasteiger partial charge in [0, 0.05) is 18.0 Å². The van der Waals surface area contributed by atoms with Gasteiger partial charge in [-0.3, -0.25) is 9.59 Å². The van der Waals surface area contributed by atoms with E-state index in [0.717, 1.165) is 12.8 Å². The van der Waals surface area contributed by atoms with Crippen LogP contribution in [0.25, 0.3) is 10.8 Å². The molecule has 21 heavy (non-hydrogen) atoms. The van der Waals surface area contributed by atoms with Crippen molar-refractivity contribution in [2.24, 2.45) is 0 Å². The highest BCUT2D eigenvalue weighted by molar-refractivity contribution is 6.04. The van der Waals surface area contributed by atoms with Crippen molar-refractivity contribution in [3.8, 4) is 0 Å². The predicted octanol–water partition coefficient (Wildman–Crippen LogP) is 1.22. The second kappa shape index (κ2) is 5.65. The van der Waals surface area contributed by atoms with Crippen LogP contribution in [-0.4, -0.2) is 34.9 Å². The number of nitrogens with one attached hydrogen (secondary N) is 2. The molecule has 1 aliphatic rings. The average Bonchev–Trinajstić information content (AvgIpc) is 2.48. The molecular formula is C15H17N3O3. The number of carbonyl (C=O) groups is 1. The Morgan fingerprint density at radius 3 is 2.90 bits per heavy atom. The summed E-state index contributed by atoms with van der Waals surface area (Å²) in [6.07, 6.45) is 1.72. The molecule has 1 aliphatic heterocycles. The van der Waals surface area contributed by atoms with Gasteiger partial charge in [-0.25, -0.2) is 5.10 Å². The highest BCUT2D eigenvalue weighted by Crippen LogP contribution is 2.16. The molecule has 2 N–H and O–H groups in total. The summed E-state index contributed by atoms with van der Waals surface area (Å²) in [5.41, 5.74) is -0.0359. The van der Waals surface area contributed by atoms with Crippen LogP contribution in [0, 0.1) is 0 Å². The van der Waals surface area contributed by atoms with Crippen LogP contribution >= 0.6 is 0 Å². The fraction of sp³-hybridized carbons (Fsp3) is 0.400. The minimum absolute atomic E-state index is 0.0775. The first-order chi connectivity index (χ1) is 10.1. The van der Waals surface area contributed by atoms with Gasteiger partial charge >= 0.3 is 0 Å². The summed E-state index contributed by atoms with van der Waals surface area (Å²) < 4.78 is 5.47. The molecule has 1 aromatic heterocycles. The number of fused-ring (bicyclic) bond motifs is 1. The zero-order chi connectivity index (χ0) is 14.8. The zero-order valence-electron chi connectivity index (χ0n) is 11.8. The second-order valence-corrected chi connectivity index (χ2v) is 5.32. The summed E-state index contributed by atoms with van der Waals surface area (Å²) in [6, 6.07) is 7.05. The third-order valence-corrected chi connectivity index (χ3v) is 3.73. The number of nitrogens with zero attached hydrogens (tertiary/aromatic N) is 1. The molecule has 0 radical (unpaired) electrons. The summed E-state index contributed by atoms with van der Waals surface area (Å²) in [5.74, 6) is -0.262. The van der Waals surface area contributed by atoms with Gasteiger partial charge in [0.2, 0.25) is 0 Å². The number of H-pyrrole nitrogens is 1. The Kier molecular flexibility index (Phi) is 3.70. The third kappa shape index (κ3) is 2.80. The van der Waals surface area contributed by atoms with Gasteiger partial charge in [0.1, 0.15) is 0 Å². The van der Waals surface area contributed by atoms with Crippen LogP contribution in [0.5, 0.6) is 0 Å². The molecule has 6 heteroatoms. The lowest BCUT2D eigenvalue weighted by molar-refractivity contribution is 0.0136. The van der Waals surface area contributed by atoms with Crippen LogP contribution in [0.15, 0.2) is 29.1 Å². The van der Waals surface area contributed by atoms with Crippen molar-refractivity contribution in [2.75, 3.05) is 6.61 Å². The van der Waals surface area contributed by atoms with E-state index in [1.807, 2.05) is 6.92 Å². The summed E-state index contributed by atoms with van der Waals surface area (Å²) in [7, 11) is 0. The van der Waals surface area contributed by atoms with Gasteiger partial charge in [0.15, 0.2) is 5.69 Å². The van der Waals surface area contributed by atoms with Gasteiger partial charge in [0.05, 0.1) is 11.5 Å². The van der Waals surface area contributed by atoms with Crippen molar-refractivity contribution >= 4 is 16.7 Å². The van der Waals surface area contributed by atoms with Crippen LogP contribution in [0.4, 0.5) is 0 Å².